The molecule has 2 rings (SSSR count). The maximum absolute atomic E-state index is 13.8. The van der Waals surface area contributed by atoms with Crippen molar-refractivity contribution < 1.29 is 18.7 Å². The van der Waals surface area contributed by atoms with E-state index in [0.717, 1.165) is 6.42 Å². The zero-order valence-electron chi connectivity index (χ0n) is 12.4. The van der Waals surface area contributed by atoms with Gasteiger partial charge in [0.2, 0.25) is 11.8 Å². The summed E-state index contributed by atoms with van der Waals surface area (Å²) in [6.07, 6.45) is 1.34. The standard InChI is InChI=1S/C15H19FN2O3/c1-4-5-12-15(20)18(9(2)14(19)17-12)10-6-7-13(21-3)11(16)8-10/h6-9,12H,4-5H2,1-3H3,(H,17,19). The highest BCUT2D eigenvalue weighted by Crippen LogP contribution is 2.27. The number of ether oxygens (including phenoxy) is 1. The Bertz CT molecular complexity index is 562. The van der Waals surface area contributed by atoms with Crippen molar-refractivity contribution in [3.8, 4) is 5.75 Å². The molecule has 0 radical (unpaired) electrons. The normalized spacial score (nSPS) is 22.2. The summed E-state index contributed by atoms with van der Waals surface area (Å²) in [5.74, 6) is -0.906. The summed E-state index contributed by atoms with van der Waals surface area (Å²) in [7, 11) is 1.37. The summed E-state index contributed by atoms with van der Waals surface area (Å²) in [5, 5.41) is 2.71. The summed E-state index contributed by atoms with van der Waals surface area (Å²) in [5.41, 5.74) is 0.363. The van der Waals surface area contributed by atoms with Gasteiger partial charge in [-0.25, -0.2) is 4.39 Å². The Morgan fingerprint density at radius 3 is 2.67 bits per heavy atom. The van der Waals surface area contributed by atoms with E-state index >= 15 is 0 Å². The van der Waals surface area contributed by atoms with E-state index in [0.29, 0.717) is 12.1 Å². The predicted molar refractivity (Wildman–Crippen MR) is 76.7 cm³/mol. The first kappa shape index (κ1) is 15.3. The number of piperazine rings is 1. The molecule has 1 heterocycles. The van der Waals surface area contributed by atoms with Crippen molar-refractivity contribution >= 4 is 17.5 Å². The minimum atomic E-state index is -0.668. The monoisotopic (exact) mass is 294 g/mol. The third-order valence-corrected chi connectivity index (χ3v) is 3.61. The summed E-state index contributed by atoms with van der Waals surface area (Å²) in [4.78, 5) is 25.8. The van der Waals surface area contributed by atoms with Crippen LogP contribution in [0.3, 0.4) is 0 Å². The minimum absolute atomic E-state index is 0.102. The molecule has 1 aromatic rings. The zero-order valence-corrected chi connectivity index (χ0v) is 12.4. The maximum Gasteiger partial charge on any atom is 0.250 e. The molecule has 1 aliphatic rings. The number of anilines is 1. The van der Waals surface area contributed by atoms with Gasteiger partial charge in [0.1, 0.15) is 12.1 Å². The summed E-state index contributed by atoms with van der Waals surface area (Å²) >= 11 is 0. The molecule has 2 unspecified atom stereocenters. The lowest BCUT2D eigenvalue weighted by Crippen LogP contribution is -2.62. The van der Waals surface area contributed by atoms with Crippen LogP contribution in [-0.4, -0.2) is 31.0 Å². The Morgan fingerprint density at radius 1 is 1.38 bits per heavy atom. The fourth-order valence-electron chi connectivity index (χ4n) is 2.47. The molecular formula is C15H19FN2O3. The largest absolute Gasteiger partial charge is 0.494 e. The minimum Gasteiger partial charge on any atom is -0.494 e. The van der Waals surface area contributed by atoms with Crippen LogP contribution in [-0.2, 0) is 9.59 Å². The summed E-state index contributed by atoms with van der Waals surface area (Å²) in [6.45, 7) is 3.56. The number of benzene rings is 1. The highest BCUT2D eigenvalue weighted by Gasteiger charge is 2.38. The molecule has 0 spiro atoms. The lowest BCUT2D eigenvalue weighted by molar-refractivity contribution is -0.133. The van der Waals surface area contributed by atoms with E-state index in [2.05, 4.69) is 5.32 Å². The van der Waals surface area contributed by atoms with Crippen LogP contribution in [0.1, 0.15) is 26.7 Å². The van der Waals surface area contributed by atoms with Crippen LogP contribution in [0.4, 0.5) is 10.1 Å². The molecule has 2 atom stereocenters. The van der Waals surface area contributed by atoms with Crippen LogP contribution < -0.4 is 15.0 Å². The number of amides is 2. The molecule has 0 aromatic heterocycles. The van der Waals surface area contributed by atoms with Gasteiger partial charge in [-0.1, -0.05) is 13.3 Å². The van der Waals surface area contributed by atoms with E-state index in [9.17, 15) is 14.0 Å². The third-order valence-electron chi connectivity index (χ3n) is 3.61. The molecule has 1 fully saturated rings. The fraction of sp³-hybridized carbons (Fsp3) is 0.467. The van der Waals surface area contributed by atoms with E-state index in [1.165, 1.54) is 24.1 Å². The van der Waals surface area contributed by atoms with Gasteiger partial charge in [0.25, 0.3) is 0 Å². The molecule has 1 aliphatic heterocycles. The molecule has 0 aliphatic carbocycles. The summed E-state index contributed by atoms with van der Waals surface area (Å²) < 4.78 is 18.7. The quantitative estimate of drug-likeness (QED) is 0.922. The molecule has 0 saturated carbocycles. The van der Waals surface area contributed by atoms with Gasteiger partial charge in [0.05, 0.1) is 7.11 Å². The second-order valence-electron chi connectivity index (χ2n) is 5.05. The van der Waals surface area contributed by atoms with Crippen molar-refractivity contribution in [3.05, 3.63) is 24.0 Å². The van der Waals surface area contributed by atoms with Gasteiger partial charge < -0.3 is 10.1 Å². The SMILES string of the molecule is CCCC1NC(=O)C(C)N(c2ccc(OC)c(F)c2)C1=O. The molecule has 6 heteroatoms. The topological polar surface area (TPSA) is 58.6 Å². The second-order valence-corrected chi connectivity index (χ2v) is 5.05. The van der Waals surface area contributed by atoms with E-state index in [1.54, 1.807) is 13.0 Å². The Hall–Kier alpha value is -2.11. The first-order valence-electron chi connectivity index (χ1n) is 6.96. The van der Waals surface area contributed by atoms with Crippen LogP contribution in [0.15, 0.2) is 18.2 Å². The van der Waals surface area contributed by atoms with Crippen LogP contribution in [0, 0.1) is 5.82 Å². The number of carbonyl (C=O) groups excluding carboxylic acids is 2. The Labute approximate surface area is 123 Å². The molecule has 5 nitrogen and oxygen atoms in total. The second kappa shape index (κ2) is 6.11. The first-order valence-corrected chi connectivity index (χ1v) is 6.96. The highest BCUT2D eigenvalue weighted by atomic mass is 19.1. The van der Waals surface area contributed by atoms with Crippen molar-refractivity contribution in [3.63, 3.8) is 0 Å². The van der Waals surface area contributed by atoms with E-state index in [4.69, 9.17) is 4.74 Å². The van der Waals surface area contributed by atoms with Crippen molar-refractivity contribution in [2.75, 3.05) is 12.0 Å². The number of nitrogens with zero attached hydrogens (tertiary/aromatic N) is 1. The third kappa shape index (κ3) is 2.84. The van der Waals surface area contributed by atoms with Crippen molar-refractivity contribution in [1.82, 2.24) is 5.32 Å². The Kier molecular flexibility index (Phi) is 4.45. The van der Waals surface area contributed by atoms with Crippen LogP contribution in [0.25, 0.3) is 0 Å². The Morgan fingerprint density at radius 2 is 2.10 bits per heavy atom. The highest BCUT2D eigenvalue weighted by molar-refractivity contribution is 6.08. The maximum atomic E-state index is 13.8. The smallest absolute Gasteiger partial charge is 0.250 e. The van der Waals surface area contributed by atoms with Gasteiger partial charge in [-0.05, 0) is 25.5 Å². The van der Waals surface area contributed by atoms with Crippen LogP contribution in [0.2, 0.25) is 0 Å². The van der Waals surface area contributed by atoms with Gasteiger partial charge in [0, 0.05) is 11.8 Å². The fourth-order valence-corrected chi connectivity index (χ4v) is 2.47. The van der Waals surface area contributed by atoms with Crippen molar-refractivity contribution in [2.45, 2.75) is 38.8 Å². The van der Waals surface area contributed by atoms with E-state index in [1.807, 2.05) is 6.92 Å². The van der Waals surface area contributed by atoms with Gasteiger partial charge in [-0.2, -0.15) is 0 Å². The van der Waals surface area contributed by atoms with Crippen LogP contribution >= 0.6 is 0 Å². The molecule has 1 saturated heterocycles. The molecule has 21 heavy (non-hydrogen) atoms. The number of halogens is 1. The average molecular weight is 294 g/mol. The molecule has 1 aromatic carbocycles. The van der Waals surface area contributed by atoms with Crippen molar-refractivity contribution in [2.24, 2.45) is 0 Å². The van der Waals surface area contributed by atoms with E-state index < -0.39 is 17.9 Å². The van der Waals surface area contributed by atoms with Gasteiger partial charge in [-0.3, -0.25) is 14.5 Å². The molecule has 0 bridgehead atoms. The number of hydrogen-bond acceptors (Lipinski definition) is 3. The molecule has 114 valence electrons. The average Bonchev–Trinajstić information content (AvgIpc) is 2.45. The number of methoxy groups -OCH3 is 1. The Balaban J connectivity index is 2.36. The lowest BCUT2D eigenvalue weighted by Gasteiger charge is -2.37. The van der Waals surface area contributed by atoms with E-state index in [-0.39, 0.29) is 17.6 Å². The zero-order chi connectivity index (χ0) is 15.6. The number of carbonyl (C=O) groups is 2. The van der Waals surface area contributed by atoms with Gasteiger partial charge in [0.15, 0.2) is 11.6 Å². The van der Waals surface area contributed by atoms with Gasteiger partial charge in [-0.15, -0.1) is 0 Å². The summed E-state index contributed by atoms with van der Waals surface area (Å²) in [6, 6.07) is 3.03. The number of hydrogen-bond donors (Lipinski definition) is 1. The first-order chi connectivity index (χ1) is 9.99. The molecule has 1 N–H and O–H groups in total. The van der Waals surface area contributed by atoms with Crippen molar-refractivity contribution in [1.29, 1.82) is 0 Å². The number of rotatable bonds is 4. The molecule has 2 amide bonds. The van der Waals surface area contributed by atoms with Crippen LogP contribution in [0.5, 0.6) is 5.75 Å². The lowest BCUT2D eigenvalue weighted by atomic mass is 10.0. The predicted octanol–water partition coefficient (Wildman–Crippen LogP) is 1.85. The molecular weight excluding hydrogens is 275 g/mol. The van der Waals surface area contributed by atoms with Gasteiger partial charge >= 0.3 is 0 Å². The number of nitrogens with one attached hydrogen (secondary N) is 1.